The van der Waals surface area contributed by atoms with Gasteiger partial charge in [0, 0.05) is 12.2 Å². The molecule has 1 aliphatic rings. The summed E-state index contributed by atoms with van der Waals surface area (Å²) in [6.07, 6.45) is 3.90. The highest BCUT2D eigenvalue weighted by Crippen LogP contribution is 2.37. The van der Waals surface area contributed by atoms with Crippen molar-refractivity contribution in [3.8, 4) is 0 Å². The predicted octanol–water partition coefficient (Wildman–Crippen LogP) is 2.41. The maximum atomic E-state index is 13.7. The van der Waals surface area contributed by atoms with Gasteiger partial charge in [-0.3, -0.25) is 0 Å². The van der Waals surface area contributed by atoms with Crippen LogP contribution in [0.2, 0.25) is 0 Å². The summed E-state index contributed by atoms with van der Waals surface area (Å²) in [5.74, 6) is -2.35. The van der Waals surface area contributed by atoms with E-state index in [1.165, 1.54) is 0 Å². The Bertz CT molecular complexity index is 588. The molecule has 1 fully saturated rings. The van der Waals surface area contributed by atoms with Crippen molar-refractivity contribution in [3.05, 3.63) is 23.8 Å². The number of hydrogen-bond donors (Lipinski definition) is 2. The summed E-state index contributed by atoms with van der Waals surface area (Å²) >= 11 is 0. The molecule has 1 aromatic rings. The van der Waals surface area contributed by atoms with Crippen LogP contribution in [0.4, 0.5) is 14.5 Å². The molecule has 0 spiro atoms. The van der Waals surface area contributed by atoms with Gasteiger partial charge in [-0.25, -0.2) is 21.9 Å². The molecule has 0 aliphatic heterocycles. The molecule has 7 heteroatoms. The van der Waals surface area contributed by atoms with Gasteiger partial charge in [-0.15, -0.1) is 0 Å². The third-order valence-corrected chi connectivity index (χ3v) is 5.24. The summed E-state index contributed by atoms with van der Waals surface area (Å²) in [7, 11) is -4.22. The van der Waals surface area contributed by atoms with Crippen LogP contribution >= 0.6 is 0 Å². The van der Waals surface area contributed by atoms with Gasteiger partial charge in [0.15, 0.2) is 4.90 Å². The van der Waals surface area contributed by atoms with Gasteiger partial charge in [0.1, 0.15) is 11.6 Å². The SMILES string of the molecule is CC1(CNS(=O)(=O)c2c(F)cc(N)cc2F)CCCC1. The molecule has 2 rings (SSSR count). The number of halogens is 2. The quantitative estimate of drug-likeness (QED) is 0.839. The third-order valence-electron chi connectivity index (χ3n) is 3.79. The molecular weight excluding hydrogens is 286 g/mol. The van der Waals surface area contributed by atoms with E-state index in [-0.39, 0.29) is 17.6 Å². The van der Waals surface area contributed by atoms with E-state index in [0.29, 0.717) is 0 Å². The Morgan fingerprint density at radius 2 is 1.75 bits per heavy atom. The van der Waals surface area contributed by atoms with Crippen molar-refractivity contribution in [1.82, 2.24) is 4.72 Å². The monoisotopic (exact) mass is 304 g/mol. The molecule has 1 saturated carbocycles. The normalized spacial score (nSPS) is 18.4. The van der Waals surface area contributed by atoms with Crippen molar-refractivity contribution < 1.29 is 17.2 Å². The van der Waals surface area contributed by atoms with Crippen LogP contribution in [0.15, 0.2) is 17.0 Å². The number of sulfonamides is 1. The van der Waals surface area contributed by atoms with Crippen LogP contribution in [-0.2, 0) is 10.0 Å². The third kappa shape index (κ3) is 3.09. The van der Waals surface area contributed by atoms with Crippen LogP contribution in [0.25, 0.3) is 0 Å². The lowest BCUT2D eigenvalue weighted by atomic mass is 9.89. The first kappa shape index (κ1) is 15.2. The Balaban J connectivity index is 2.23. The van der Waals surface area contributed by atoms with E-state index < -0.39 is 26.6 Å². The summed E-state index contributed by atoms with van der Waals surface area (Å²) in [6.45, 7) is 2.15. The first-order valence-corrected chi connectivity index (χ1v) is 7.96. The van der Waals surface area contributed by atoms with E-state index in [0.717, 1.165) is 37.8 Å². The predicted molar refractivity (Wildman–Crippen MR) is 72.5 cm³/mol. The lowest BCUT2D eigenvalue weighted by Crippen LogP contribution is -2.35. The van der Waals surface area contributed by atoms with Crippen LogP contribution in [0.3, 0.4) is 0 Å². The maximum absolute atomic E-state index is 13.7. The first-order valence-electron chi connectivity index (χ1n) is 6.48. The van der Waals surface area contributed by atoms with E-state index in [9.17, 15) is 17.2 Å². The Morgan fingerprint density at radius 1 is 1.25 bits per heavy atom. The molecule has 4 nitrogen and oxygen atoms in total. The molecule has 0 amide bonds. The van der Waals surface area contributed by atoms with Crippen molar-refractivity contribution in [2.75, 3.05) is 12.3 Å². The Hall–Kier alpha value is -1.21. The second-order valence-corrected chi connectivity index (χ2v) is 7.36. The fraction of sp³-hybridized carbons (Fsp3) is 0.538. The molecule has 0 radical (unpaired) electrons. The van der Waals surface area contributed by atoms with Gasteiger partial charge in [0.05, 0.1) is 0 Å². The van der Waals surface area contributed by atoms with Gasteiger partial charge in [-0.05, 0) is 30.4 Å². The molecule has 3 N–H and O–H groups in total. The first-order chi connectivity index (χ1) is 9.23. The summed E-state index contributed by atoms with van der Waals surface area (Å²) < 4.78 is 53.7. The number of benzene rings is 1. The lowest BCUT2D eigenvalue weighted by molar-refractivity contribution is 0.335. The standard InChI is InChI=1S/C13H18F2N2O2S/c1-13(4-2-3-5-13)8-17-20(18,19)12-10(14)6-9(16)7-11(12)15/h6-7,17H,2-5,8,16H2,1H3. The van der Waals surface area contributed by atoms with Crippen molar-refractivity contribution >= 4 is 15.7 Å². The summed E-state index contributed by atoms with van der Waals surface area (Å²) in [5, 5.41) is 0. The topological polar surface area (TPSA) is 72.2 Å². The molecule has 1 aromatic carbocycles. The summed E-state index contributed by atoms with van der Waals surface area (Å²) in [6, 6.07) is 1.60. The molecule has 0 atom stereocenters. The van der Waals surface area contributed by atoms with E-state index in [4.69, 9.17) is 5.73 Å². The van der Waals surface area contributed by atoms with E-state index in [1.807, 2.05) is 6.92 Å². The second kappa shape index (κ2) is 5.29. The number of nitrogens with one attached hydrogen (secondary N) is 1. The van der Waals surface area contributed by atoms with Gasteiger partial charge in [0.2, 0.25) is 10.0 Å². The number of nitrogens with two attached hydrogens (primary N) is 1. The van der Waals surface area contributed by atoms with Crippen molar-refractivity contribution in [1.29, 1.82) is 0 Å². The molecule has 112 valence electrons. The smallest absolute Gasteiger partial charge is 0.246 e. The summed E-state index contributed by atoms with van der Waals surface area (Å²) in [4.78, 5) is -0.965. The van der Waals surface area contributed by atoms with Crippen LogP contribution in [-0.4, -0.2) is 15.0 Å². The summed E-state index contributed by atoms with van der Waals surface area (Å²) in [5.41, 5.74) is 4.97. The highest BCUT2D eigenvalue weighted by molar-refractivity contribution is 7.89. The van der Waals surface area contributed by atoms with Crippen LogP contribution in [0.1, 0.15) is 32.6 Å². The van der Waals surface area contributed by atoms with E-state index in [1.54, 1.807) is 0 Å². The van der Waals surface area contributed by atoms with Crippen LogP contribution in [0, 0.1) is 17.0 Å². The van der Waals surface area contributed by atoms with E-state index >= 15 is 0 Å². The molecule has 0 aromatic heterocycles. The maximum Gasteiger partial charge on any atom is 0.246 e. The molecule has 0 saturated heterocycles. The highest BCUT2D eigenvalue weighted by Gasteiger charge is 2.32. The zero-order valence-electron chi connectivity index (χ0n) is 11.2. The van der Waals surface area contributed by atoms with Gasteiger partial charge < -0.3 is 5.73 Å². The van der Waals surface area contributed by atoms with Crippen LogP contribution < -0.4 is 10.5 Å². The Kier molecular flexibility index (Phi) is 4.02. The highest BCUT2D eigenvalue weighted by atomic mass is 32.2. The average molecular weight is 304 g/mol. The van der Waals surface area contributed by atoms with Gasteiger partial charge in [-0.2, -0.15) is 0 Å². The molecular formula is C13H18F2N2O2S. The van der Waals surface area contributed by atoms with Gasteiger partial charge in [-0.1, -0.05) is 19.8 Å². The van der Waals surface area contributed by atoms with Crippen LogP contribution in [0.5, 0.6) is 0 Å². The Morgan fingerprint density at radius 3 is 2.25 bits per heavy atom. The fourth-order valence-corrected chi connectivity index (χ4v) is 3.90. The number of nitrogen functional groups attached to an aromatic ring is 1. The molecule has 0 bridgehead atoms. The molecule has 1 aliphatic carbocycles. The molecule has 0 heterocycles. The number of hydrogen-bond acceptors (Lipinski definition) is 3. The zero-order valence-corrected chi connectivity index (χ0v) is 12.1. The lowest BCUT2D eigenvalue weighted by Gasteiger charge is -2.23. The van der Waals surface area contributed by atoms with E-state index in [2.05, 4.69) is 4.72 Å². The molecule has 20 heavy (non-hydrogen) atoms. The minimum Gasteiger partial charge on any atom is -0.399 e. The van der Waals surface area contributed by atoms with Gasteiger partial charge in [0.25, 0.3) is 0 Å². The average Bonchev–Trinajstić information content (AvgIpc) is 2.73. The Labute approximate surface area is 117 Å². The minimum absolute atomic E-state index is 0.145. The largest absolute Gasteiger partial charge is 0.399 e. The van der Waals surface area contributed by atoms with Gasteiger partial charge >= 0.3 is 0 Å². The van der Waals surface area contributed by atoms with Crippen molar-refractivity contribution in [2.45, 2.75) is 37.5 Å². The number of rotatable bonds is 4. The zero-order chi connectivity index (χ0) is 15.0. The van der Waals surface area contributed by atoms with Crippen molar-refractivity contribution in [2.24, 2.45) is 5.41 Å². The fourth-order valence-electron chi connectivity index (χ4n) is 2.58. The number of anilines is 1. The second-order valence-electron chi connectivity index (χ2n) is 5.66. The van der Waals surface area contributed by atoms with Crippen molar-refractivity contribution in [3.63, 3.8) is 0 Å². The molecule has 0 unspecified atom stereocenters. The minimum atomic E-state index is -4.22.